The summed E-state index contributed by atoms with van der Waals surface area (Å²) in [5.41, 5.74) is 3.77. The Kier molecular flexibility index (Phi) is 9.65. The van der Waals surface area contributed by atoms with Gasteiger partial charge in [0.1, 0.15) is 23.2 Å². The summed E-state index contributed by atoms with van der Waals surface area (Å²) in [5, 5.41) is 13.4. The lowest BCUT2D eigenvalue weighted by Gasteiger charge is -2.14. The van der Waals surface area contributed by atoms with Crippen molar-refractivity contribution in [3.63, 3.8) is 0 Å². The molecule has 0 amide bonds. The molecule has 0 atom stereocenters. The van der Waals surface area contributed by atoms with E-state index in [1.807, 2.05) is 5.38 Å². The van der Waals surface area contributed by atoms with Crippen LogP contribution in [0.25, 0.3) is 22.4 Å². The predicted octanol–water partition coefficient (Wildman–Crippen LogP) is 8.08. The topological polar surface area (TPSA) is 102 Å². The first-order valence-electron chi connectivity index (χ1n) is 11.4. The second-order valence-electron chi connectivity index (χ2n) is 8.14. The lowest BCUT2D eigenvalue weighted by atomic mass is 10.0. The number of pyridine rings is 1. The number of carbonyl (C=O) groups is 1. The van der Waals surface area contributed by atoms with Gasteiger partial charge in [-0.05, 0) is 36.2 Å². The van der Waals surface area contributed by atoms with E-state index in [4.69, 9.17) is 26.2 Å². The molecular formula is C26H17ClF5N5O3S2. The Morgan fingerprint density at radius 2 is 1.81 bits per heavy atom. The third-order valence-corrected chi connectivity index (χ3v) is 6.91. The molecule has 3 heterocycles. The van der Waals surface area contributed by atoms with Crippen molar-refractivity contribution >= 4 is 46.7 Å². The number of rotatable bonds is 7. The number of aliphatic carboxylic acids is 1. The maximum atomic E-state index is 14.8. The molecule has 0 aliphatic rings. The highest BCUT2D eigenvalue weighted by molar-refractivity contribution is 8.00. The number of ether oxygens (including phenoxy) is 1. The zero-order valence-electron chi connectivity index (χ0n) is 21.1. The van der Waals surface area contributed by atoms with Crippen LogP contribution in [-0.4, -0.2) is 37.0 Å². The van der Waals surface area contributed by atoms with E-state index in [1.165, 1.54) is 35.7 Å². The summed E-state index contributed by atoms with van der Waals surface area (Å²) in [4.78, 5) is 17.7. The fourth-order valence-electron chi connectivity index (χ4n) is 3.28. The van der Waals surface area contributed by atoms with E-state index in [0.717, 1.165) is 17.5 Å². The van der Waals surface area contributed by atoms with Crippen molar-refractivity contribution in [2.75, 3.05) is 4.72 Å². The molecule has 0 fully saturated rings. The Bertz CT molecular complexity index is 1700. The number of hydrogen-bond donors (Lipinski definition) is 2. The second kappa shape index (κ2) is 13.2. The second-order valence-corrected chi connectivity index (χ2v) is 10.1. The van der Waals surface area contributed by atoms with Crippen LogP contribution in [-0.2, 0) is 11.8 Å². The molecule has 2 N–H and O–H groups in total. The standard InChI is InChI=1S/C24H16ClF2N5OS2.C2HF3O2/c1-32-11-14(9-30-32)16-6-20(15-4-2-3-5-18(15)26)28-10-22(16)33-21-8-19(27)23(7-17(21)25)35-31-24-12-34-13-29-24;3-2(4,5)1(6)7/h2-13,31H,1H3;(H,6,7). The van der Waals surface area contributed by atoms with Crippen LogP contribution in [0, 0.1) is 11.6 Å². The summed E-state index contributed by atoms with van der Waals surface area (Å²) < 4.78 is 71.6. The summed E-state index contributed by atoms with van der Waals surface area (Å²) in [6.07, 6.45) is -0.177. The largest absolute Gasteiger partial charge is 0.490 e. The highest BCUT2D eigenvalue weighted by Gasteiger charge is 2.38. The molecule has 0 radical (unpaired) electrons. The SMILES string of the molecule is Cn1cc(-c2cc(-c3ccccc3F)ncc2Oc2cc(F)c(SNc3cscn3)cc2Cl)cn1.O=C(O)C(F)(F)F. The zero-order valence-corrected chi connectivity index (χ0v) is 23.5. The van der Waals surface area contributed by atoms with Gasteiger partial charge in [0.05, 0.1) is 33.5 Å². The molecule has 0 saturated carbocycles. The number of alkyl halides is 3. The minimum Gasteiger partial charge on any atom is -0.475 e. The molecule has 8 nitrogen and oxygen atoms in total. The Hall–Kier alpha value is -4.21. The van der Waals surface area contributed by atoms with Crippen molar-refractivity contribution in [2.24, 2.45) is 7.05 Å². The Morgan fingerprint density at radius 3 is 2.43 bits per heavy atom. The molecule has 0 bridgehead atoms. The van der Waals surface area contributed by atoms with E-state index in [-0.39, 0.29) is 15.7 Å². The van der Waals surface area contributed by atoms with Gasteiger partial charge in [-0.3, -0.25) is 9.67 Å². The number of aryl methyl sites for hydroxylation is 1. The van der Waals surface area contributed by atoms with E-state index in [1.54, 1.807) is 53.9 Å². The van der Waals surface area contributed by atoms with Crippen LogP contribution in [0.2, 0.25) is 5.02 Å². The lowest BCUT2D eigenvalue weighted by molar-refractivity contribution is -0.192. The number of thiazole rings is 1. The number of benzene rings is 2. The fourth-order valence-corrected chi connectivity index (χ4v) is 4.77. The molecule has 5 aromatic rings. The first-order valence-corrected chi connectivity index (χ1v) is 13.6. The maximum absolute atomic E-state index is 14.8. The third kappa shape index (κ3) is 7.74. The molecule has 0 spiro atoms. The van der Waals surface area contributed by atoms with Crippen molar-refractivity contribution in [1.29, 1.82) is 0 Å². The minimum atomic E-state index is -5.08. The van der Waals surface area contributed by atoms with Gasteiger partial charge in [0, 0.05) is 41.4 Å². The molecule has 5 rings (SSSR count). The number of nitrogens with one attached hydrogen (secondary N) is 1. The molecule has 42 heavy (non-hydrogen) atoms. The zero-order chi connectivity index (χ0) is 30.4. The highest BCUT2D eigenvalue weighted by Crippen LogP contribution is 2.40. The van der Waals surface area contributed by atoms with Gasteiger partial charge < -0.3 is 14.6 Å². The van der Waals surface area contributed by atoms with Crippen molar-refractivity contribution in [1.82, 2.24) is 19.7 Å². The molecule has 0 saturated heterocycles. The number of carboxylic acid groups (broad SMARTS) is 1. The highest BCUT2D eigenvalue weighted by atomic mass is 35.5. The minimum absolute atomic E-state index is 0.118. The number of aromatic nitrogens is 4. The summed E-state index contributed by atoms with van der Waals surface area (Å²) in [7, 11) is 1.78. The monoisotopic (exact) mass is 641 g/mol. The molecule has 3 aromatic heterocycles. The Morgan fingerprint density at radius 1 is 1.07 bits per heavy atom. The van der Waals surface area contributed by atoms with Gasteiger partial charge in [-0.25, -0.2) is 18.6 Å². The summed E-state index contributed by atoms with van der Waals surface area (Å²) >= 11 is 8.91. The van der Waals surface area contributed by atoms with E-state index < -0.39 is 23.8 Å². The predicted molar refractivity (Wildman–Crippen MR) is 149 cm³/mol. The van der Waals surface area contributed by atoms with Gasteiger partial charge >= 0.3 is 12.1 Å². The van der Waals surface area contributed by atoms with Crippen molar-refractivity contribution in [2.45, 2.75) is 11.1 Å². The third-order valence-electron chi connectivity index (χ3n) is 5.18. The molecule has 218 valence electrons. The molecule has 0 aliphatic heterocycles. The average molecular weight is 642 g/mol. The number of nitrogens with zero attached hydrogens (tertiary/aromatic N) is 4. The van der Waals surface area contributed by atoms with Gasteiger partial charge in [-0.1, -0.05) is 23.7 Å². The fraction of sp³-hybridized carbons (Fsp3) is 0.0769. The number of anilines is 1. The van der Waals surface area contributed by atoms with Gasteiger partial charge in [-0.2, -0.15) is 18.3 Å². The van der Waals surface area contributed by atoms with E-state index in [0.29, 0.717) is 28.4 Å². The number of hydrogen-bond acceptors (Lipinski definition) is 8. The van der Waals surface area contributed by atoms with Gasteiger partial charge in [0.15, 0.2) is 5.75 Å². The molecular weight excluding hydrogens is 625 g/mol. The van der Waals surface area contributed by atoms with Crippen molar-refractivity contribution < 1.29 is 36.6 Å². The van der Waals surface area contributed by atoms with Gasteiger partial charge in [0.25, 0.3) is 0 Å². The van der Waals surface area contributed by atoms with Crippen molar-refractivity contribution in [3.05, 3.63) is 88.6 Å². The Balaban J connectivity index is 0.000000517. The lowest BCUT2D eigenvalue weighted by Crippen LogP contribution is -2.21. The first-order chi connectivity index (χ1) is 19.9. The van der Waals surface area contributed by atoms with Crippen LogP contribution in [0.3, 0.4) is 0 Å². The van der Waals surface area contributed by atoms with E-state index >= 15 is 0 Å². The molecule has 0 aliphatic carbocycles. The van der Waals surface area contributed by atoms with E-state index in [2.05, 4.69) is 19.8 Å². The summed E-state index contributed by atoms with van der Waals surface area (Å²) in [6.45, 7) is 0. The number of carboxylic acids is 1. The number of halogens is 6. The van der Waals surface area contributed by atoms with Crippen LogP contribution in [0.4, 0.5) is 27.8 Å². The average Bonchev–Trinajstić information content (AvgIpc) is 3.62. The molecule has 2 aromatic carbocycles. The smallest absolute Gasteiger partial charge is 0.475 e. The van der Waals surface area contributed by atoms with Crippen LogP contribution in [0.5, 0.6) is 11.5 Å². The molecule has 0 unspecified atom stereocenters. The summed E-state index contributed by atoms with van der Waals surface area (Å²) in [6, 6.07) is 10.8. The van der Waals surface area contributed by atoms with Crippen molar-refractivity contribution in [3.8, 4) is 33.9 Å². The normalized spacial score (nSPS) is 11.0. The van der Waals surface area contributed by atoms with Crippen LogP contribution < -0.4 is 9.46 Å². The van der Waals surface area contributed by atoms with E-state index in [9.17, 15) is 22.0 Å². The first kappa shape index (κ1) is 30.7. The quantitative estimate of drug-likeness (QED) is 0.136. The maximum Gasteiger partial charge on any atom is 0.490 e. The van der Waals surface area contributed by atoms with Gasteiger partial charge in [0.2, 0.25) is 0 Å². The summed E-state index contributed by atoms with van der Waals surface area (Å²) in [5.74, 6) is -2.61. The van der Waals surface area contributed by atoms with Gasteiger partial charge in [-0.15, -0.1) is 11.3 Å². The van der Waals surface area contributed by atoms with Crippen LogP contribution in [0.15, 0.2) is 76.8 Å². The molecule has 16 heteroatoms. The van der Waals surface area contributed by atoms with Crippen LogP contribution >= 0.6 is 34.9 Å². The Labute approximate surface area is 247 Å². The van der Waals surface area contributed by atoms with Crippen LogP contribution in [0.1, 0.15) is 0 Å².